The van der Waals surface area contributed by atoms with Gasteiger partial charge in [-0.15, -0.1) is 0 Å². The second kappa shape index (κ2) is 10.6. The summed E-state index contributed by atoms with van der Waals surface area (Å²) in [5.41, 5.74) is 1.47. The van der Waals surface area contributed by atoms with Gasteiger partial charge < -0.3 is 15.0 Å². The zero-order valence-corrected chi connectivity index (χ0v) is 22.0. The van der Waals surface area contributed by atoms with Crippen molar-refractivity contribution in [2.24, 2.45) is 0 Å². The molecule has 208 valence electrons. The van der Waals surface area contributed by atoms with E-state index in [1.165, 1.54) is 25.3 Å². The van der Waals surface area contributed by atoms with Crippen molar-refractivity contribution in [3.8, 4) is 5.88 Å². The first-order chi connectivity index (χ1) is 18.6. The van der Waals surface area contributed by atoms with Crippen LogP contribution in [0.4, 0.5) is 29.1 Å². The van der Waals surface area contributed by atoms with Crippen LogP contribution in [0.25, 0.3) is 0 Å². The summed E-state index contributed by atoms with van der Waals surface area (Å²) in [7, 11) is -2.23. The highest BCUT2D eigenvalue weighted by Gasteiger charge is 2.34. The fourth-order valence-electron chi connectivity index (χ4n) is 5.31. The van der Waals surface area contributed by atoms with Gasteiger partial charge in [0, 0.05) is 37.1 Å². The van der Waals surface area contributed by atoms with E-state index >= 15 is 4.39 Å². The molecule has 0 atom stereocenters. The maximum Gasteiger partial charge on any atom is 0.417 e. The molecule has 0 radical (unpaired) electrons. The maximum absolute atomic E-state index is 15.3. The van der Waals surface area contributed by atoms with Crippen LogP contribution in [-0.4, -0.2) is 43.3 Å². The fraction of sp³-hybridized carbons (Fsp3) is 0.407. The van der Waals surface area contributed by atoms with Crippen molar-refractivity contribution < 1.29 is 30.7 Å². The van der Waals surface area contributed by atoms with Gasteiger partial charge in [0.05, 0.1) is 28.5 Å². The van der Waals surface area contributed by atoms with Crippen molar-refractivity contribution in [1.82, 2.24) is 9.97 Å². The quantitative estimate of drug-likeness (QED) is 0.401. The first kappa shape index (κ1) is 27.2. The number of fused-ring (bicyclic) bond motifs is 1. The molecule has 0 saturated heterocycles. The van der Waals surface area contributed by atoms with Crippen molar-refractivity contribution in [3.63, 3.8) is 0 Å². The summed E-state index contributed by atoms with van der Waals surface area (Å²) in [6, 6.07) is 8.10. The SMILES string of the molecule is COc1nccc2c1CN(c1ccc(S(=O)(=O)C3CCC(Nc4ccc(C(F)(F)F)cn4)CC3)cc1F)CC2. The highest BCUT2D eigenvalue weighted by atomic mass is 32.2. The van der Waals surface area contributed by atoms with Crippen LogP contribution in [0, 0.1) is 5.82 Å². The Morgan fingerprint density at radius 2 is 1.82 bits per heavy atom. The molecule has 0 spiro atoms. The Balaban J connectivity index is 1.23. The Kier molecular flexibility index (Phi) is 7.41. The van der Waals surface area contributed by atoms with E-state index in [9.17, 15) is 21.6 Å². The van der Waals surface area contributed by atoms with Crippen molar-refractivity contribution >= 4 is 21.3 Å². The van der Waals surface area contributed by atoms with Crippen molar-refractivity contribution in [3.05, 3.63) is 71.3 Å². The lowest BCUT2D eigenvalue weighted by molar-refractivity contribution is -0.137. The zero-order valence-electron chi connectivity index (χ0n) is 21.2. The lowest BCUT2D eigenvalue weighted by Crippen LogP contribution is -2.33. The average Bonchev–Trinajstić information content (AvgIpc) is 2.92. The highest BCUT2D eigenvalue weighted by molar-refractivity contribution is 7.92. The van der Waals surface area contributed by atoms with Crippen LogP contribution in [0.3, 0.4) is 0 Å². The molecule has 39 heavy (non-hydrogen) atoms. The van der Waals surface area contributed by atoms with Crippen LogP contribution < -0.4 is 15.0 Å². The number of hydrogen-bond acceptors (Lipinski definition) is 7. The number of anilines is 2. The number of alkyl halides is 3. The highest BCUT2D eigenvalue weighted by Crippen LogP contribution is 2.35. The molecule has 1 aliphatic heterocycles. The van der Waals surface area contributed by atoms with E-state index in [0.29, 0.717) is 62.6 Å². The number of benzene rings is 1. The summed E-state index contributed by atoms with van der Waals surface area (Å²) in [6.07, 6.45) is 0.369. The van der Waals surface area contributed by atoms with E-state index in [-0.39, 0.29) is 10.9 Å². The van der Waals surface area contributed by atoms with Gasteiger partial charge >= 0.3 is 6.18 Å². The molecule has 12 heteroatoms. The maximum atomic E-state index is 15.3. The summed E-state index contributed by atoms with van der Waals surface area (Å²) in [5.74, 6) is 0.197. The number of hydrogen-bond donors (Lipinski definition) is 1. The molecular weight excluding hydrogens is 536 g/mol. The fourth-order valence-corrected chi connectivity index (χ4v) is 7.11. The van der Waals surface area contributed by atoms with Crippen LogP contribution in [0.5, 0.6) is 5.88 Å². The summed E-state index contributed by atoms with van der Waals surface area (Å²) in [6.45, 7) is 0.980. The van der Waals surface area contributed by atoms with Gasteiger partial charge in [0.15, 0.2) is 9.84 Å². The summed E-state index contributed by atoms with van der Waals surface area (Å²) >= 11 is 0. The number of ether oxygens (including phenoxy) is 1. The number of pyridine rings is 2. The molecule has 1 fully saturated rings. The third kappa shape index (κ3) is 5.66. The lowest BCUT2D eigenvalue weighted by atomic mass is 9.95. The molecule has 2 aromatic heterocycles. The molecule has 1 aromatic carbocycles. The van der Waals surface area contributed by atoms with Crippen LogP contribution in [0.1, 0.15) is 42.4 Å². The molecular formula is C27H28F4N4O3S. The molecule has 2 aliphatic rings. The number of rotatable bonds is 6. The van der Waals surface area contributed by atoms with Crippen LogP contribution in [-0.2, 0) is 29.0 Å². The van der Waals surface area contributed by atoms with E-state index in [1.807, 2.05) is 11.0 Å². The largest absolute Gasteiger partial charge is 0.481 e. The number of nitrogens with zero attached hydrogens (tertiary/aromatic N) is 3. The van der Waals surface area contributed by atoms with Gasteiger partial charge in [0.2, 0.25) is 5.88 Å². The second-order valence-electron chi connectivity index (χ2n) is 9.84. The molecule has 3 aromatic rings. The standard InChI is InChI=1S/C27H28F4N4O3S/c1-38-26-22-16-35(13-11-17(22)10-12-32-26)24-8-7-21(14-23(24)28)39(36,37)20-5-3-19(4-6-20)34-25-9-2-18(15-33-25)27(29,30)31/h2,7-10,12,14-15,19-20H,3-6,11,13,16H2,1H3,(H,33,34). The Bertz CT molecular complexity index is 1430. The lowest BCUT2D eigenvalue weighted by Gasteiger charge is -2.32. The molecule has 3 heterocycles. The average molecular weight is 565 g/mol. The molecule has 0 amide bonds. The smallest absolute Gasteiger partial charge is 0.417 e. The van der Waals surface area contributed by atoms with Gasteiger partial charge in [-0.05, 0) is 74.1 Å². The number of methoxy groups -OCH3 is 1. The van der Waals surface area contributed by atoms with Gasteiger partial charge in [0.25, 0.3) is 0 Å². The monoisotopic (exact) mass is 564 g/mol. The number of sulfone groups is 1. The van der Waals surface area contributed by atoms with Gasteiger partial charge in [-0.2, -0.15) is 13.2 Å². The summed E-state index contributed by atoms with van der Waals surface area (Å²) in [5, 5.41) is 2.42. The van der Waals surface area contributed by atoms with Gasteiger partial charge in [0.1, 0.15) is 11.6 Å². The minimum Gasteiger partial charge on any atom is -0.481 e. The Morgan fingerprint density at radius 3 is 2.46 bits per heavy atom. The van der Waals surface area contributed by atoms with E-state index in [2.05, 4.69) is 15.3 Å². The van der Waals surface area contributed by atoms with Crippen molar-refractivity contribution in [2.75, 3.05) is 23.9 Å². The zero-order chi connectivity index (χ0) is 27.8. The molecule has 5 rings (SSSR count). The van der Waals surface area contributed by atoms with Gasteiger partial charge in [-0.25, -0.2) is 22.8 Å². The first-order valence-electron chi connectivity index (χ1n) is 12.6. The van der Waals surface area contributed by atoms with E-state index in [1.54, 1.807) is 6.20 Å². The second-order valence-corrected chi connectivity index (χ2v) is 12.1. The van der Waals surface area contributed by atoms with E-state index in [0.717, 1.165) is 29.5 Å². The van der Waals surface area contributed by atoms with Crippen molar-refractivity contribution in [2.45, 2.75) is 61.0 Å². The first-order valence-corrected chi connectivity index (χ1v) is 14.2. The minimum atomic E-state index is -4.46. The van der Waals surface area contributed by atoms with Crippen LogP contribution in [0.15, 0.2) is 53.7 Å². The molecule has 7 nitrogen and oxygen atoms in total. The van der Waals surface area contributed by atoms with Gasteiger partial charge in [-0.3, -0.25) is 0 Å². The third-order valence-corrected chi connectivity index (χ3v) is 9.71. The molecule has 0 bridgehead atoms. The van der Waals surface area contributed by atoms with Crippen molar-refractivity contribution in [1.29, 1.82) is 0 Å². The van der Waals surface area contributed by atoms with E-state index < -0.39 is 32.6 Å². The number of nitrogens with one attached hydrogen (secondary N) is 1. The minimum absolute atomic E-state index is 0.0544. The third-order valence-electron chi connectivity index (χ3n) is 7.45. The van der Waals surface area contributed by atoms with Gasteiger partial charge in [-0.1, -0.05) is 0 Å². The van der Waals surface area contributed by atoms with Crippen LogP contribution >= 0.6 is 0 Å². The normalized spacial score (nSPS) is 19.9. The molecule has 1 aliphatic carbocycles. The topological polar surface area (TPSA) is 84.4 Å². The van der Waals surface area contributed by atoms with E-state index in [4.69, 9.17) is 4.74 Å². The Hall–Kier alpha value is -3.41. The Labute approximate surface area is 224 Å². The van der Waals surface area contributed by atoms with Crippen LogP contribution in [0.2, 0.25) is 0 Å². The Morgan fingerprint density at radius 1 is 1.05 bits per heavy atom. The molecule has 1 saturated carbocycles. The number of halogens is 4. The summed E-state index contributed by atoms with van der Waals surface area (Å²) < 4.78 is 85.5. The molecule has 0 unspecified atom stereocenters. The predicted molar refractivity (Wildman–Crippen MR) is 138 cm³/mol. The number of aromatic nitrogens is 2. The summed E-state index contributed by atoms with van der Waals surface area (Å²) in [4.78, 5) is 9.85. The molecule has 1 N–H and O–H groups in total. The predicted octanol–water partition coefficient (Wildman–Crippen LogP) is 5.40.